The number of hydrogen-bond donors (Lipinski definition) is 2. The maximum Gasteiger partial charge on any atom is 0.145 e. The second-order valence-corrected chi connectivity index (χ2v) is 10.9. The molecule has 30 heavy (non-hydrogen) atoms. The number of likely N-dealkylation sites (N-methyl/N-ethyl adjacent to an activating group) is 1. The molecule has 160 valence electrons. The highest BCUT2D eigenvalue weighted by Crippen LogP contribution is 2.44. The first-order valence-corrected chi connectivity index (χ1v) is 12.5. The van der Waals surface area contributed by atoms with E-state index in [0.717, 1.165) is 66.5 Å². The van der Waals surface area contributed by atoms with Crippen molar-refractivity contribution in [1.82, 2.24) is 4.98 Å². The van der Waals surface area contributed by atoms with Crippen molar-refractivity contribution in [3.63, 3.8) is 0 Å². The molecule has 0 spiro atoms. The number of rotatable bonds is 6. The van der Waals surface area contributed by atoms with E-state index in [1.165, 1.54) is 16.7 Å². The summed E-state index contributed by atoms with van der Waals surface area (Å²) in [7, 11) is 1.11. The minimum absolute atomic E-state index is 0.0900. The number of aromatic nitrogens is 1. The van der Waals surface area contributed by atoms with Crippen molar-refractivity contribution >= 4 is 34.0 Å². The molecular weight excluding hydrogens is 418 g/mol. The average molecular weight is 446 g/mol. The van der Waals surface area contributed by atoms with Crippen molar-refractivity contribution in [3.05, 3.63) is 46.0 Å². The third-order valence-electron chi connectivity index (χ3n) is 7.10. The van der Waals surface area contributed by atoms with Crippen LogP contribution in [-0.4, -0.2) is 45.3 Å². The summed E-state index contributed by atoms with van der Waals surface area (Å²) in [5.74, 6) is 2.43. The Kier molecular flexibility index (Phi) is 5.28. The molecule has 2 unspecified atom stereocenters. The van der Waals surface area contributed by atoms with Crippen LogP contribution in [0, 0.1) is 0 Å². The van der Waals surface area contributed by atoms with Crippen molar-refractivity contribution in [2.45, 2.75) is 61.4 Å². The predicted octanol–water partition coefficient (Wildman–Crippen LogP) is 3.72. The van der Waals surface area contributed by atoms with E-state index in [4.69, 9.17) is 16.6 Å². The molecule has 0 amide bonds. The molecule has 3 heterocycles. The van der Waals surface area contributed by atoms with Crippen molar-refractivity contribution in [3.8, 4) is 0 Å². The lowest BCUT2D eigenvalue weighted by Gasteiger charge is -2.41. The van der Waals surface area contributed by atoms with Gasteiger partial charge in [-0.3, -0.25) is 4.21 Å². The topological polar surface area (TPSA) is 65.5 Å². The van der Waals surface area contributed by atoms with Crippen molar-refractivity contribution in [2.24, 2.45) is 0 Å². The van der Waals surface area contributed by atoms with E-state index >= 15 is 0 Å². The molecule has 0 radical (unpaired) electrons. The van der Waals surface area contributed by atoms with Crippen LogP contribution in [0.1, 0.15) is 42.4 Å². The standard InChI is InChI=1S/C23H28ClN3O2S/c1-27-17(8-5-15-3-6-16(24)7-4-15)13-19-18-9-12-30(29)20(18)21(25-22(19)27)26-23(14-28)10-2-11-23/h3-4,6-7,17,28H,2,5,8-14H2,1H3,(H,25,26). The first-order chi connectivity index (χ1) is 14.5. The number of anilines is 2. The third-order valence-corrected chi connectivity index (χ3v) is 8.83. The van der Waals surface area contributed by atoms with Gasteiger partial charge < -0.3 is 15.3 Å². The number of fused-ring (bicyclic) bond motifs is 3. The van der Waals surface area contributed by atoms with Gasteiger partial charge in [0.25, 0.3) is 0 Å². The summed E-state index contributed by atoms with van der Waals surface area (Å²) in [6.45, 7) is 0.0900. The summed E-state index contributed by atoms with van der Waals surface area (Å²) in [6, 6.07) is 8.47. The monoisotopic (exact) mass is 445 g/mol. The minimum Gasteiger partial charge on any atom is -0.394 e. The van der Waals surface area contributed by atoms with Crippen LogP contribution in [0.5, 0.6) is 0 Å². The van der Waals surface area contributed by atoms with E-state index in [9.17, 15) is 9.32 Å². The summed E-state index contributed by atoms with van der Waals surface area (Å²) in [4.78, 5) is 8.17. The lowest BCUT2D eigenvalue weighted by Crippen LogP contribution is -2.48. The number of aliphatic hydroxyl groups is 1. The van der Waals surface area contributed by atoms with Crippen molar-refractivity contribution < 1.29 is 9.32 Å². The quantitative estimate of drug-likeness (QED) is 0.709. The molecule has 7 heteroatoms. The van der Waals surface area contributed by atoms with Gasteiger partial charge in [0, 0.05) is 29.4 Å². The second kappa shape index (κ2) is 7.81. The van der Waals surface area contributed by atoms with E-state index in [-0.39, 0.29) is 12.1 Å². The molecule has 1 aromatic heterocycles. The molecule has 0 saturated heterocycles. The zero-order valence-corrected chi connectivity index (χ0v) is 18.9. The van der Waals surface area contributed by atoms with Gasteiger partial charge in [-0.05, 0) is 68.2 Å². The molecule has 3 aliphatic rings. The predicted molar refractivity (Wildman–Crippen MR) is 122 cm³/mol. The van der Waals surface area contributed by atoms with E-state index in [1.807, 2.05) is 12.1 Å². The number of nitrogens with one attached hydrogen (secondary N) is 1. The molecule has 5 nitrogen and oxygen atoms in total. The lowest BCUT2D eigenvalue weighted by molar-refractivity contribution is 0.143. The second-order valence-electron chi connectivity index (χ2n) is 8.92. The van der Waals surface area contributed by atoms with Crippen LogP contribution in [0.25, 0.3) is 0 Å². The highest BCUT2D eigenvalue weighted by atomic mass is 35.5. The number of pyridine rings is 1. The maximum atomic E-state index is 12.8. The maximum absolute atomic E-state index is 12.8. The van der Waals surface area contributed by atoms with Crippen LogP contribution in [-0.2, 0) is 30.1 Å². The van der Waals surface area contributed by atoms with Gasteiger partial charge in [-0.25, -0.2) is 4.98 Å². The van der Waals surface area contributed by atoms with Gasteiger partial charge in [0.05, 0.1) is 27.8 Å². The highest BCUT2D eigenvalue weighted by Gasteiger charge is 2.41. The zero-order chi connectivity index (χ0) is 20.9. The molecule has 0 bridgehead atoms. The molecule has 5 rings (SSSR count). The van der Waals surface area contributed by atoms with E-state index < -0.39 is 10.8 Å². The fourth-order valence-corrected chi connectivity index (χ4v) is 6.57. The largest absolute Gasteiger partial charge is 0.394 e. The van der Waals surface area contributed by atoms with Crippen LogP contribution < -0.4 is 10.2 Å². The Hall–Kier alpha value is -1.63. The van der Waals surface area contributed by atoms with Gasteiger partial charge in [0.15, 0.2) is 0 Å². The molecule has 2 aliphatic heterocycles. The zero-order valence-electron chi connectivity index (χ0n) is 17.3. The van der Waals surface area contributed by atoms with E-state index in [0.29, 0.717) is 11.8 Å². The van der Waals surface area contributed by atoms with E-state index in [2.05, 4.69) is 29.4 Å². The summed E-state index contributed by atoms with van der Waals surface area (Å²) in [5.41, 5.74) is 3.50. The van der Waals surface area contributed by atoms with Gasteiger partial charge in [0.2, 0.25) is 0 Å². The van der Waals surface area contributed by atoms with Crippen molar-refractivity contribution in [2.75, 3.05) is 29.6 Å². The molecule has 1 saturated carbocycles. The van der Waals surface area contributed by atoms with Crippen LogP contribution >= 0.6 is 11.6 Å². The fourth-order valence-electron chi connectivity index (χ4n) is 5.04. The molecule has 1 aromatic carbocycles. The molecule has 1 fully saturated rings. The number of aryl methyl sites for hydroxylation is 1. The van der Waals surface area contributed by atoms with Crippen LogP contribution in [0.2, 0.25) is 5.02 Å². The normalized spacial score (nSPS) is 23.8. The lowest BCUT2D eigenvalue weighted by atomic mass is 9.77. The summed E-state index contributed by atoms with van der Waals surface area (Å²) in [5, 5.41) is 14.2. The summed E-state index contributed by atoms with van der Waals surface area (Å²) in [6.07, 6.45) is 6.81. The number of hydrogen-bond acceptors (Lipinski definition) is 5. The molecule has 2 atom stereocenters. The summed E-state index contributed by atoms with van der Waals surface area (Å²) < 4.78 is 12.8. The Bertz CT molecular complexity index is 985. The number of benzene rings is 1. The molecule has 1 aliphatic carbocycles. The fraction of sp³-hybridized carbons (Fsp3) is 0.522. The Morgan fingerprint density at radius 3 is 2.73 bits per heavy atom. The first kappa shape index (κ1) is 20.3. The highest BCUT2D eigenvalue weighted by molar-refractivity contribution is 7.85. The molecular formula is C23H28ClN3O2S. The number of nitrogens with zero attached hydrogens (tertiary/aromatic N) is 2. The van der Waals surface area contributed by atoms with Crippen LogP contribution in [0.15, 0.2) is 29.2 Å². The van der Waals surface area contributed by atoms with Gasteiger partial charge in [-0.15, -0.1) is 0 Å². The van der Waals surface area contributed by atoms with E-state index in [1.54, 1.807) is 0 Å². The Labute approximate surface area is 185 Å². The van der Waals surface area contributed by atoms with Gasteiger partial charge in [-0.2, -0.15) is 0 Å². The summed E-state index contributed by atoms with van der Waals surface area (Å²) >= 11 is 6.01. The van der Waals surface area contributed by atoms with Gasteiger partial charge in [0.1, 0.15) is 11.6 Å². The average Bonchev–Trinajstić information content (AvgIpc) is 3.25. The van der Waals surface area contributed by atoms with Gasteiger partial charge >= 0.3 is 0 Å². The first-order valence-electron chi connectivity index (χ1n) is 10.8. The molecule has 2 aromatic rings. The SMILES string of the molecule is CN1c2nc(NC3(CO)CCC3)c3c(c2CC1CCc1ccc(Cl)cc1)CCS3=O. The number of halogens is 1. The Morgan fingerprint density at radius 1 is 1.30 bits per heavy atom. The number of aliphatic hydroxyl groups excluding tert-OH is 1. The Morgan fingerprint density at radius 2 is 2.07 bits per heavy atom. The van der Waals surface area contributed by atoms with Crippen LogP contribution in [0.4, 0.5) is 11.6 Å². The van der Waals surface area contributed by atoms with Crippen molar-refractivity contribution in [1.29, 1.82) is 0 Å². The third kappa shape index (κ3) is 3.43. The molecule has 2 N–H and O–H groups in total. The minimum atomic E-state index is -1.01. The Balaban J connectivity index is 1.41. The van der Waals surface area contributed by atoms with Crippen LogP contribution in [0.3, 0.4) is 0 Å². The smallest absolute Gasteiger partial charge is 0.145 e. The van der Waals surface area contributed by atoms with Gasteiger partial charge in [-0.1, -0.05) is 23.7 Å².